The van der Waals surface area contributed by atoms with Gasteiger partial charge >= 0.3 is 5.97 Å². The van der Waals surface area contributed by atoms with Gasteiger partial charge in [0.1, 0.15) is 11.4 Å². The highest BCUT2D eigenvalue weighted by Gasteiger charge is 2.57. The molecule has 3 aliphatic rings. The molecule has 1 N–H and O–H groups in total. The van der Waals surface area contributed by atoms with Gasteiger partial charge in [-0.15, -0.1) is 0 Å². The molecule has 4 heterocycles. The van der Waals surface area contributed by atoms with E-state index in [1.807, 2.05) is 36.1 Å². The topological polar surface area (TPSA) is 102 Å². The van der Waals surface area contributed by atoms with E-state index in [0.717, 1.165) is 24.2 Å². The van der Waals surface area contributed by atoms with Crippen LogP contribution in [0.15, 0.2) is 42.7 Å². The Balaban J connectivity index is 1.49. The Morgan fingerprint density at radius 2 is 2.00 bits per heavy atom. The zero-order valence-electron chi connectivity index (χ0n) is 18.1. The maximum absolute atomic E-state index is 13.3. The summed E-state index contributed by atoms with van der Waals surface area (Å²) in [6.07, 6.45) is 5.71. The zero-order chi connectivity index (χ0) is 22.3. The van der Waals surface area contributed by atoms with E-state index in [0.29, 0.717) is 26.0 Å². The zero-order valence-corrected chi connectivity index (χ0v) is 18.1. The van der Waals surface area contributed by atoms with E-state index < -0.39 is 17.1 Å². The lowest BCUT2D eigenvalue weighted by Gasteiger charge is -2.54. The molecule has 1 spiro atoms. The summed E-state index contributed by atoms with van der Waals surface area (Å²) >= 11 is 0. The summed E-state index contributed by atoms with van der Waals surface area (Å²) < 4.78 is 13.0. The first kappa shape index (κ1) is 20.9. The SMILES string of the molecule is C[C@@]1(CCC(=O)O)Oc2ccccc2[C@@H]2OC[C@]3(CCCN3C(=O)c3ncccn3)C[C@H]21. The van der Waals surface area contributed by atoms with Gasteiger partial charge in [-0.2, -0.15) is 0 Å². The quantitative estimate of drug-likeness (QED) is 0.783. The van der Waals surface area contributed by atoms with E-state index in [1.165, 1.54) is 0 Å². The third kappa shape index (κ3) is 3.43. The number of fused-ring (bicyclic) bond motifs is 3. The fourth-order valence-electron chi connectivity index (χ4n) is 5.65. The molecule has 2 saturated heterocycles. The molecule has 1 amide bonds. The van der Waals surface area contributed by atoms with Crippen LogP contribution in [0.5, 0.6) is 5.75 Å². The number of carbonyl (C=O) groups is 2. The number of nitrogens with zero attached hydrogens (tertiary/aromatic N) is 3. The second kappa shape index (κ2) is 7.85. The summed E-state index contributed by atoms with van der Waals surface area (Å²) in [5, 5.41) is 9.34. The third-order valence-corrected chi connectivity index (χ3v) is 7.28. The highest BCUT2D eigenvalue weighted by molar-refractivity contribution is 5.91. The van der Waals surface area contributed by atoms with Gasteiger partial charge in [-0.25, -0.2) is 9.97 Å². The van der Waals surface area contributed by atoms with Crippen LogP contribution in [-0.4, -0.2) is 56.1 Å². The van der Waals surface area contributed by atoms with Gasteiger partial charge in [-0.05, 0) is 44.7 Å². The van der Waals surface area contributed by atoms with Gasteiger partial charge < -0.3 is 19.5 Å². The largest absolute Gasteiger partial charge is 0.487 e. The van der Waals surface area contributed by atoms with Crippen molar-refractivity contribution in [3.05, 3.63) is 54.1 Å². The highest BCUT2D eigenvalue weighted by Crippen LogP contribution is 2.55. The molecule has 1 aromatic carbocycles. The van der Waals surface area contributed by atoms with Crippen molar-refractivity contribution in [2.24, 2.45) is 5.92 Å². The van der Waals surface area contributed by atoms with Crippen LogP contribution in [-0.2, 0) is 9.53 Å². The molecule has 8 heteroatoms. The van der Waals surface area contributed by atoms with E-state index in [-0.39, 0.29) is 30.2 Å². The number of rotatable bonds is 4. The molecule has 0 saturated carbocycles. The summed E-state index contributed by atoms with van der Waals surface area (Å²) in [4.78, 5) is 34.9. The number of aromatic nitrogens is 2. The molecule has 1 aromatic heterocycles. The fourth-order valence-corrected chi connectivity index (χ4v) is 5.65. The molecule has 0 unspecified atom stereocenters. The molecule has 5 rings (SSSR count). The summed E-state index contributed by atoms with van der Waals surface area (Å²) in [5.74, 6) is -0.190. The van der Waals surface area contributed by atoms with Crippen molar-refractivity contribution in [1.82, 2.24) is 14.9 Å². The van der Waals surface area contributed by atoms with Crippen LogP contribution in [0, 0.1) is 5.92 Å². The second-order valence-electron chi connectivity index (χ2n) is 9.25. The van der Waals surface area contributed by atoms with Crippen LogP contribution in [0.1, 0.15) is 61.3 Å². The average molecular weight is 437 g/mol. The Bertz CT molecular complexity index is 1030. The lowest BCUT2D eigenvalue weighted by Crippen LogP contribution is -2.60. The predicted molar refractivity (Wildman–Crippen MR) is 114 cm³/mol. The monoisotopic (exact) mass is 437 g/mol. The molecule has 0 radical (unpaired) electrons. The first-order valence-corrected chi connectivity index (χ1v) is 11.1. The maximum Gasteiger partial charge on any atom is 0.303 e. The number of carboxylic acids is 1. The van der Waals surface area contributed by atoms with E-state index in [1.54, 1.807) is 18.5 Å². The Kier molecular flexibility index (Phi) is 5.12. The summed E-state index contributed by atoms with van der Waals surface area (Å²) in [5.41, 5.74) is -0.203. The number of hydrogen-bond acceptors (Lipinski definition) is 6. The molecular weight excluding hydrogens is 410 g/mol. The predicted octanol–water partition coefficient (Wildman–Crippen LogP) is 3.25. The smallest absolute Gasteiger partial charge is 0.303 e. The van der Waals surface area contributed by atoms with E-state index in [4.69, 9.17) is 9.47 Å². The van der Waals surface area contributed by atoms with Gasteiger partial charge in [0.15, 0.2) is 0 Å². The highest BCUT2D eigenvalue weighted by atomic mass is 16.5. The number of carbonyl (C=O) groups excluding carboxylic acids is 1. The molecule has 4 atom stereocenters. The van der Waals surface area contributed by atoms with Crippen molar-refractivity contribution in [2.75, 3.05) is 13.2 Å². The van der Waals surface area contributed by atoms with Crippen molar-refractivity contribution >= 4 is 11.9 Å². The number of para-hydroxylation sites is 1. The standard InChI is InChI=1S/C24H27N3O5/c1-23(10-8-19(28)29)17-14-24(15-31-20(17)16-6-2-3-7-18(16)32-23)9-4-13-27(24)22(30)21-25-11-5-12-26-21/h2-3,5-7,11-12,17,20H,4,8-10,13-15H2,1H3,(H,28,29)/t17-,20+,23+,24+/m1/s1. The van der Waals surface area contributed by atoms with E-state index in [2.05, 4.69) is 9.97 Å². The van der Waals surface area contributed by atoms with Gasteiger partial charge in [-0.3, -0.25) is 9.59 Å². The van der Waals surface area contributed by atoms with Gasteiger partial charge in [0.25, 0.3) is 5.91 Å². The second-order valence-corrected chi connectivity index (χ2v) is 9.25. The van der Waals surface area contributed by atoms with Crippen LogP contribution in [0.25, 0.3) is 0 Å². The van der Waals surface area contributed by atoms with Gasteiger partial charge in [0.2, 0.25) is 5.82 Å². The van der Waals surface area contributed by atoms with Crippen molar-refractivity contribution in [3.63, 3.8) is 0 Å². The lowest BCUT2D eigenvalue weighted by atomic mass is 9.68. The van der Waals surface area contributed by atoms with Gasteiger partial charge in [-0.1, -0.05) is 18.2 Å². The van der Waals surface area contributed by atoms with E-state index in [9.17, 15) is 14.7 Å². The molecule has 0 aliphatic carbocycles. The summed E-state index contributed by atoms with van der Waals surface area (Å²) in [6, 6.07) is 9.49. The van der Waals surface area contributed by atoms with Crippen molar-refractivity contribution in [2.45, 2.75) is 56.3 Å². The minimum absolute atomic E-state index is 0.00931. The molecule has 32 heavy (non-hydrogen) atoms. The van der Waals surface area contributed by atoms with Crippen molar-refractivity contribution < 1.29 is 24.2 Å². The molecule has 0 bridgehead atoms. The Morgan fingerprint density at radius 3 is 2.78 bits per heavy atom. The van der Waals surface area contributed by atoms with Crippen LogP contribution < -0.4 is 4.74 Å². The minimum atomic E-state index is -0.851. The fraction of sp³-hybridized carbons (Fsp3) is 0.500. The van der Waals surface area contributed by atoms with Crippen LogP contribution in [0.3, 0.4) is 0 Å². The number of hydrogen-bond donors (Lipinski definition) is 1. The summed E-state index contributed by atoms with van der Waals surface area (Å²) in [6.45, 7) is 3.03. The van der Waals surface area contributed by atoms with Crippen molar-refractivity contribution in [1.29, 1.82) is 0 Å². The number of likely N-dealkylation sites (tertiary alicyclic amines) is 1. The van der Waals surface area contributed by atoms with Crippen LogP contribution in [0.4, 0.5) is 0 Å². The molecule has 8 nitrogen and oxygen atoms in total. The summed E-state index contributed by atoms with van der Waals surface area (Å²) in [7, 11) is 0. The Labute approximate surface area is 186 Å². The molecule has 2 fully saturated rings. The number of carboxylic acid groups (broad SMARTS) is 1. The van der Waals surface area contributed by atoms with E-state index >= 15 is 0 Å². The molecular formula is C24H27N3O5. The van der Waals surface area contributed by atoms with Gasteiger partial charge in [0.05, 0.1) is 18.2 Å². The van der Waals surface area contributed by atoms with Crippen LogP contribution in [0.2, 0.25) is 0 Å². The number of ether oxygens (including phenoxy) is 2. The number of amides is 1. The first-order valence-electron chi connectivity index (χ1n) is 11.1. The van der Waals surface area contributed by atoms with Crippen molar-refractivity contribution in [3.8, 4) is 5.75 Å². The lowest BCUT2D eigenvalue weighted by molar-refractivity contribution is -0.169. The first-order chi connectivity index (χ1) is 15.4. The molecule has 168 valence electrons. The number of benzene rings is 1. The molecule has 3 aliphatic heterocycles. The maximum atomic E-state index is 13.3. The minimum Gasteiger partial charge on any atom is -0.487 e. The van der Waals surface area contributed by atoms with Gasteiger partial charge in [0, 0.05) is 36.8 Å². The Hall–Kier alpha value is -3.00. The molecule has 2 aromatic rings. The average Bonchev–Trinajstić information content (AvgIpc) is 3.21. The third-order valence-electron chi connectivity index (χ3n) is 7.28. The Morgan fingerprint density at radius 1 is 1.22 bits per heavy atom. The van der Waals surface area contributed by atoms with Crippen LogP contribution >= 0.6 is 0 Å². The normalized spacial score (nSPS) is 31.0. The number of aliphatic carboxylic acids is 1.